The van der Waals surface area contributed by atoms with E-state index in [1.54, 1.807) is 0 Å². The lowest BCUT2D eigenvalue weighted by molar-refractivity contribution is 0.223. The molecule has 0 spiro atoms. The molecule has 2 rings (SSSR count). The standard InChI is InChI=1S/C15H23NO2/c1-12(2)10-16-11-13-5-6-14-15(9-13)18-8-4-3-7-17-14/h5-6,9,12,16H,3-4,7-8,10-11H2,1-2H3. The van der Waals surface area contributed by atoms with Crippen LogP contribution in [0.4, 0.5) is 0 Å². The van der Waals surface area contributed by atoms with Gasteiger partial charge in [0.2, 0.25) is 0 Å². The van der Waals surface area contributed by atoms with Crippen molar-refractivity contribution in [1.29, 1.82) is 0 Å². The van der Waals surface area contributed by atoms with Gasteiger partial charge in [-0.25, -0.2) is 0 Å². The van der Waals surface area contributed by atoms with Crippen LogP contribution < -0.4 is 14.8 Å². The highest BCUT2D eigenvalue weighted by Crippen LogP contribution is 2.30. The molecule has 0 atom stereocenters. The summed E-state index contributed by atoms with van der Waals surface area (Å²) in [5.74, 6) is 2.44. The van der Waals surface area contributed by atoms with Gasteiger partial charge in [0.25, 0.3) is 0 Å². The van der Waals surface area contributed by atoms with E-state index < -0.39 is 0 Å². The highest BCUT2D eigenvalue weighted by molar-refractivity contribution is 5.43. The first-order valence-corrected chi connectivity index (χ1v) is 6.85. The summed E-state index contributed by atoms with van der Waals surface area (Å²) in [5.41, 5.74) is 1.25. The van der Waals surface area contributed by atoms with Gasteiger partial charge < -0.3 is 14.8 Å². The van der Waals surface area contributed by atoms with E-state index in [9.17, 15) is 0 Å². The number of fused-ring (bicyclic) bond motifs is 1. The average Bonchev–Trinajstić information content (AvgIpc) is 2.30. The Bertz CT molecular complexity index is 377. The molecule has 0 aromatic heterocycles. The predicted octanol–water partition coefficient (Wildman–Crippen LogP) is 2.98. The van der Waals surface area contributed by atoms with E-state index >= 15 is 0 Å². The van der Waals surface area contributed by atoms with E-state index in [0.29, 0.717) is 5.92 Å². The van der Waals surface area contributed by atoms with Crippen LogP contribution in [0.2, 0.25) is 0 Å². The number of rotatable bonds is 4. The third kappa shape index (κ3) is 3.91. The minimum Gasteiger partial charge on any atom is -0.490 e. The first-order valence-electron chi connectivity index (χ1n) is 6.85. The molecule has 0 fully saturated rings. The largest absolute Gasteiger partial charge is 0.490 e. The van der Waals surface area contributed by atoms with Gasteiger partial charge in [-0.05, 0) is 43.0 Å². The van der Waals surface area contributed by atoms with Crippen LogP contribution >= 0.6 is 0 Å². The van der Waals surface area contributed by atoms with Crippen LogP contribution in [0.15, 0.2) is 18.2 Å². The Hall–Kier alpha value is -1.22. The molecule has 3 heteroatoms. The lowest BCUT2D eigenvalue weighted by atomic mass is 10.1. The van der Waals surface area contributed by atoms with E-state index in [4.69, 9.17) is 9.47 Å². The molecule has 0 saturated heterocycles. The minimum absolute atomic E-state index is 0.675. The molecule has 18 heavy (non-hydrogen) atoms. The SMILES string of the molecule is CC(C)CNCc1ccc2c(c1)OCCCCO2. The molecule has 0 amide bonds. The molecule has 0 radical (unpaired) electrons. The quantitative estimate of drug-likeness (QED) is 0.890. The van der Waals surface area contributed by atoms with Gasteiger partial charge in [0.05, 0.1) is 13.2 Å². The van der Waals surface area contributed by atoms with Crippen molar-refractivity contribution < 1.29 is 9.47 Å². The Labute approximate surface area is 109 Å². The number of nitrogens with one attached hydrogen (secondary N) is 1. The Morgan fingerprint density at radius 2 is 1.83 bits per heavy atom. The van der Waals surface area contributed by atoms with Gasteiger partial charge in [-0.3, -0.25) is 0 Å². The summed E-state index contributed by atoms with van der Waals surface area (Å²) in [6, 6.07) is 6.22. The van der Waals surface area contributed by atoms with E-state index in [-0.39, 0.29) is 0 Å². The third-order valence-corrected chi connectivity index (χ3v) is 2.94. The van der Waals surface area contributed by atoms with Gasteiger partial charge in [-0.1, -0.05) is 19.9 Å². The second-order valence-corrected chi connectivity index (χ2v) is 5.21. The Morgan fingerprint density at radius 1 is 1.11 bits per heavy atom. The van der Waals surface area contributed by atoms with Crippen molar-refractivity contribution in [2.24, 2.45) is 5.92 Å². The maximum atomic E-state index is 5.74. The summed E-state index contributed by atoms with van der Waals surface area (Å²) in [4.78, 5) is 0. The fourth-order valence-corrected chi connectivity index (χ4v) is 1.97. The molecular formula is C15H23NO2. The number of hydrogen-bond donors (Lipinski definition) is 1. The van der Waals surface area contributed by atoms with E-state index in [2.05, 4.69) is 31.3 Å². The van der Waals surface area contributed by atoms with Crippen LogP contribution in [-0.2, 0) is 6.54 Å². The summed E-state index contributed by atoms with van der Waals surface area (Å²) in [6.07, 6.45) is 2.13. The lowest BCUT2D eigenvalue weighted by Gasteiger charge is -2.17. The molecular weight excluding hydrogens is 226 g/mol. The molecule has 0 saturated carbocycles. The van der Waals surface area contributed by atoms with E-state index in [1.165, 1.54) is 5.56 Å². The topological polar surface area (TPSA) is 30.5 Å². The molecule has 3 nitrogen and oxygen atoms in total. The van der Waals surface area contributed by atoms with E-state index in [1.807, 2.05) is 6.07 Å². The fraction of sp³-hybridized carbons (Fsp3) is 0.600. The van der Waals surface area contributed by atoms with E-state index in [0.717, 1.165) is 50.6 Å². The monoisotopic (exact) mass is 249 g/mol. The van der Waals surface area contributed by atoms with Crippen LogP contribution in [-0.4, -0.2) is 19.8 Å². The van der Waals surface area contributed by atoms with Gasteiger partial charge in [-0.2, -0.15) is 0 Å². The summed E-state index contributed by atoms with van der Waals surface area (Å²) in [6.45, 7) is 7.93. The van der Waals surface area contributed by atoms with Gasteiger partial charge in [-0.15, -0.1) is 0 Å². The van der Waals surface area contributed by atoms with Gasteiger partial charge in [0.15, 0.2) is 11.5 Å². The third-order valence-electron chi connectivity index (χ3n) is 2.94. The first kappa shape index (κ1) is 13.2. The van der Waals surface area contributed by atoms with Crippen molar-refractivity contribution in [3.8, 4) is 11.5 Å². The minimum atomic E-state index is 0.675. The van der Waals surface area contributed by atoms with Crippen molar-refractivity contribution in [3.63, 3.8) is 0 Å². The number of hydrogen-bond acceptors (Lipinski definition) is 3. The van der Waals surface area contributed by atoms with Crippen LogP contribution in [0, 0.1) is 5.92 Å². The zero-order chi connectivity index (χ0) is 12.8. The predicted molar refractivity (Wildman–Crippen MR) is 73.2 cm³/mol. The molecule has 0 bridgehead atoms. The molecule has 1 aliphatic rings. The molecule has 1 aromatic carbocycles. The summed E-state index contributed by atoms with van der Waals surface area (Å²) in [5, 5.41) is 3.44. The highest BCUT2D eigenvalue weighted by Gasteiger charge is 2.09. The Balaban J connectivity index is 1.98. The van der Waals surface area contributed by atoms with Crippen molar-refractivity contribution in [2.75, 3.05) is 19.8 Å². The van der Waals surface area contributed by atoms with Crippen molar-refractivity contribution >= 4 is 0 Å². The maximum Gasteiger partial charge on any atom is 0.161 e. The van der Waals surface area contributed by atoms with Crippen LogP contribution in [0.3, 0.4) is 0 Å². The molecule has 100 valence electrons. The van der Waals surface area contributed by atoms with Gasteiger partial charge in [0, 0.05) is 6.54 Å². The van der Waals surface area contributed by atoms with Crippen LogP contribution in [0.5, 0.6) is 11.5 Å². The van der Waals surface area contributed by atoms with Crippen molar-refractivity contribution in [2.45, 2.75) is 33.2 Å². The maximum absolute atomic E-state index is 5.74. The van der Waals surface area contributed by atoms with Gasteiger partial charge >= 0.3 is 0 Å². The molecule has 0 aliphatic carbocycles. The Kier molecular flexibility index (Phi) is 4.88. The fourth-order valence-electron chi connectivity index (χ4n) is 1.97. The molecule has 1 aliphatic heterocycles. The normalized spacial score (nSPS) is 15.3. The van der Waals surface area contributed by atoms with Crippen LogP contribution in [0.1, 0.15) is 32.3 Å². The number of ether oxygens (including phenoxy) is 2. The zero-order valence-electron chi connectivity index (χ0n) is 11.4. The second-order valence-electron chi connectivity index (χ2n) is 5.21. The van der Waals surface area contributed by atoms with Gasteiger partial charge in [0.1, 0.15) is 0 Å². The first-order chi connectivity index (χ1) is 8.75. The zero-order valence-corrected chi connectivity index (χ0v) is 11.4. The highest BCUT2D eigenvalue weighted by atomic mass is 16.5. The Morgan fingerprint density at radius 3 is 2.56 bits per heavy atom. The van der Waals surface area contributed by atoms with Crippen LogP contribution in [0.25, 0.3) is 0 Å². The van der Waals surface area contributed by atoms with Crippen molar-refractivity contribution in [3.05, 3.63) is 23.8 Å². The number of benzene rings is 1. The second kappa shape index (κ2) is 6.64. The molecule has 0 unspecified atom stereocenters. The van der Waals surface area contributed by atoms with Crippen molar-refractivity contribution in [1.82, 2.24) is 5.32 Å². The summed E-state index contributed by atoms with van der Waals surface area (Å²) in [7, 11) is 0. The molecule has 1 heterocycles. The lowest BCUT2D eigenvalue weighted by Crippen LogP contribution is -2.19. The summed E-state index contributed by atoms with van der Waals surface area (Å²) >= 11 is 0. The molecule has 1 aromatic rings. The average molecular weight is 249 g/mol. The summed E-state index contributed by atoms with van der Waals surface area (Å²) < 4.78 is 11.4. The molecule has 1 N–H and O–H groups in total. The smallest absolute Gasteiger partial charge is 0.161 e.